The number of nitrogens with one attached hydrogen (secondary N) is 1. The standard InChI is InChI=1S/C60H109NO13/c1-3-5-7-9-11-13-14-15-16-17-18-19-20-21-22-23-24-25-26-27-28-29-30-31-32-33-34-36-38-40-42-44-52(65)61-48(49(64)43-41-39-37-35-12-10-8-6-4-2)47-71-59-57(70)55(68)58(51(46-63)73-59)74-60-56(69)54(67)53(66)50(45-62)72-60/h14-15,17-18,20-21,41,43,48-51,53-60,62-64,66-70H,3-13,16,19,22-40,42,44-47H2,1-2H3,(H,61,65)/b15-14-,18-17-,21-20-,43-41+. The zero-order chi connectivity index (χ0) is 53.9. The summed E-state index contributed by atoms with van der Waals surface area (Å²) in [6.45, 7) is 2.75. The van der Waals surface area contributed by atoms with E-state index < -0.39 is 86.8 Å². The normalized spacial score (nSPS) is 25.5. The first-order valence-electron chi connectivity index (χ1n) is 29.9. The number of hydrogen-bond acceptors (Lipinski definition) is 13. The van der Waals surface area contributed by atoms with Crippen LogP contribution in [0.5, 0.6) is 0 Å². The Morgan fingerprint density at radius 2 is 0.892 bits per heavy atom. The molecule has 2 saturated heterocycles. The molecule has 0 bridgehead atoms. The van der Waals surface area contributed by atoms with Gasteiger partial charge in [-0.2, -0.15) is 0 Å². The third-order valence-electron chi connectivity index (χ3n) is 14.5. The van der Waals surface area contributed by atoms with Gasteiger partial charge >= 0.3 is 0 Å². The molecule has 0 aromatic rings. The van der Waals surface area contributed by atoms with Crippen molar-refractivity contribution >= 4 is 5.91 Å². The second-order valence-corrected chi connectivity index (χ2v) is 21.1. The number of aliphatic hydroxyl groups is 8. The average Bonchev–Trinajstić information content (AvgIpc) is 3.40. The number of hydrogen-bond donors (Lipinski definition) is 9. The molecule has 1 amide bonds. The molecule has 432 valence electrons. The first kappa shape index (κ1) is 68.1. The smallest absolute Gasteiger partial charge is 0.220 e. The summed E-state index contributed by atoms with van der Waals surface area (Å²) in [5, 5.41) is 86.8. The van der Waals surface area contributed by atoms with Crippen LogP contribution in [0.1, 0.15) is 232 Å². The maximum absolute atomic E-state index is 13.2. The zero-order valence-corrected chi connectivity index (χ0v) is 46.3. The number of allylic oxidation sites excluding steroid dienone is 7. The summed E-state index contributed by atoms with van der Waals surface area (Å²) in [5.41, 5.74) is 0. The summed E-state index contributed by atoms with van der Waals surface area (Å²) in [6, 6.07) is -0.912. The fraction of sp³-hybridized carbons (Fsp3) is 0.850. The number of carbonyl (C=O) groups is 1. The predicted octanol–water partition coefficient (Wildman–Crippen LogP) is 10.0. The van der Waals surface area contributed by atoms with Gasteiger partial charge in [0.05, 0.1) is 32.0 Å². The molecule has 0 spiro atoms. The van der Waals surface area contributed by atoms with Crippen LogP contribution < -0.4 is 5.32 Å². The lowest BCUT2D eigenvalue weighted by atomic mass is 9.97. The van der Waals surface area contributed by atoms with Crippen LogP contribution in [-0.2, 0) is 23.7 Å². The molecule has 9 N–H and O–H groups in total. The van der Waals surface area contributed by atoms with Crippen molar-refractivity contribution in [2.24, 2.45) is 0 Å². The van der Waals surface area contributed by atoms with Crippen molar-refractivity contribution < 1.29 is 64.6 Å². The Morgan fingerprint density at radius 3 is 1.36 bits per heavy atom. The third-order valence-corrected chi connectivity index (χ3v) is 14.5. The van der Waals surface area contributed by atoms with E-state index in [0.29, 0.717) is 6.42 Å². The number of carbonyl (C=O) groups excluding carboxylic acids is 1. The topological polar surface area (TPSA) is 228 Å². The Kier molecular flexibility index (Phi) is 42.2. The quantitative estimate of drug-likeness (QED) is 0.0205. The number of amides is 1. The molecule has 2 fully saturated rings. The van der Waals surface area contributed by atoms with Gasteiger partial charge in [0, 0.05) is 6.42 Å². The van der Waals surface area contributed by atoms with Crippen LogP contribution in [0.15, 0.2) is 48.6 Å². The van der Waals surface area contributed by atoms with E-state index in [0.717, 1.165) is 51.4 Å². The van der Waals surface area contributed by atoms with Gasteiger partial charge in [0.1, 0.15) is 48.8 Å². The van der Waals surface area contributed by atoms with Gasteiger partial charge in [-0.1, -0.05) is 217 Å². The second-order valence-electron chi connectivity index (χ2n) is 21.1. The maximum atomic E-state index is 13.2. The first-order valence-corrected chi connectivity index (χ1v) is 29.9. The number of ether oxygens (including phenoxy) is 4. The molecule has 0 aromatic carbocycles. The lowest BCUT2D eigenvalue weighted by molar-refractivity contribution is -0.359. The molecule has 12 unspecified atom stereocenters. The number of unbranched alkanes of at least 4 members (excludes halogenated alkanes) is 28. The molecule has 0 aromatic heterocycles. The monoisotopic (exact) mass is 1050 g/mol. The van der Waals surface area contributed by atoms with Crippen molar-refractivity contribution in [2.75, 3.05) is 19.8 Å². The van der Waals surface area contributed by atoms with Crippen LogP contribution in [-0.4, -0.2) is 140 Å². The van der Waals surface area contributed by atoms with E-state index in [1.807, 2.05) is 6.08 Å². The van der Waals surface area contributed by atoms with Gasteiger partial charge in [0.2, 0.25) is 5.91 Å². The van der Waals surface area contributed by atoms with Crippen molar-refractivity contribution in [3.63, 3.8) is 0 Å². The summed E-state index contributed by atoms with van der Waals surface area (Å²) < 4.78 is 22.7. The summed E-state index contributed by atoms with van der Waals surface area (Å²) in [5.74, 6) is -0.242. The molecule has 2 aliphatic heterocycles. The Labute approximate surface area is 448 Å². The van der Waals surface area contributed by atoms with Gasteiger partial charge in [-0.15, -0.1) is 0 Å². The molecule has 2 aliphatic rings. The molecule has 0 radical (unpaired) electrons. The Morgan fingerprint density at radius 1 is 0.486 bits per heavy atom. The van der Waals surface area contributed by atoms with E-state index in [2.05, 4.69) is 55.6 Å². The SMILES string of the molecule is CCCCCCC/C=C\C/C=C\C/C=C\CCCCCCCCCCCCCCCCCCC(=O)NC(COC1OC(CO)C(OC2OC(CO)C(O)C(O)C2O)C(O)C1O)C(O)/C=C/CCCCCCCCC. The van der Waals surface area contributed by atoms with E-state index in [1.54, 1.807) is 6.08 Å². The summed E-state index contributed by atoms with van der Waals surface area (Å²) in [6.07, 6.45) is 40.4. The fourth-order valence-corrected chi connectivity index (χ4v) is 9.65. The summed E-state index contributed by atoms with van der Waals surface area (Å²) in [4.78, 5) is 13.2. The Hall–Kier alpha value is -2.05. The molecule has 14 nitrogen and oxygen atoms in total. The number of aliphatic hydroxyl groups excluding tert-OH is 8. The van der Waals surface area contributed by atoms with Crippen LogP contribution in [0, 0.1) is 0 Å². The van der Waals surface area contributed by atoms with Gasteiger partial charge in [-0.25, -0.2) is 0 Å². The van der Waals surface area contributed by atoms with E-state index in [-0.39, 0.29) is 18.9 Å². The minimum atomic E-state index is -1.79. The number of rotatable bonds is 47. The minimum Gasteiger partial charge on any atom is -0.394 e. The van der Waals surface area contributed by atoms with Crippen molar-refractivity contribution in [3.05, 3.63) is 48.6 Å². The van der Waals surface area contributed by atoms with Crippen LogP contribution in [0.4, 0.5) is 0 Å². The van der Waals surface area contributed by atoms with Crippen molar-refractivity contribution in [1.29, 1.82) is 0 Å². The molecule has 2 heterocycles. The molecule has 74 heavy (non-hydrogen) atoms. The van der Waals surface area contributed by atoms with Gasteiger partial charge in [-0.05, 0) is 57.8 Å². The summed E-state index contributed by atoms with van der Waals surface area (Å²) >= 11 is 0. The second kappa shape index (κ2) is 45.9. The molecule has 12 atom stereocenters. The minimum absolute atomic E-state index is 0.242. The molecule has 14 heteroatoms. The van der Waals surface area contributed by atoms with Crippen LogP contribution in [0.25, 0.3) is 0 Å². The van der Waals surface area contributed by atoms with Gasteiger partial charge in [0.25, 0.3) is 0 Å². The van der Waals surface area contributed by atoms with Crippen molar-refractivity contribution in [2.45, 2.75) is 306 Å². The molecule has 0 saturated carbocycles. The lowest BCUT2D eigenvalue weighted by Gasteiger charge is -2.46. The highest BCUT2D eigenvalue weighted by Crippen LogP contribution is 2.30. The highest BCUT2D eigenvalue weighted by Gasteiger charge is 2.51. The highest BCUT2D eigenvalue weighted by atomic mass is 16.7. The van der Waals surface area contributed by atoms with E-state index in [4.69, 9.17) is 18.9 Å². The Bertz CT molecular complexity index is 1430. The van der Waals surface area contributed by atoms with Crippen LogP contribution >= 0.6 is 0 Å². The third kappa shape index (κ3) is 31.4. The molecule has 2 rings (SSSR count). The summed E-state index contributed by atoms with van der Waals surface area (Å²) in [7, 11) is 0. The van der Waals surface area contributed by atoms with Crippen LogP contribution in [0.3, 0.4) is 0 Å². The van der Waals surface area contributed by atoms with E-state index in [9.17, 15) is 45.6 Å². The van der Waals surface area contributed by atoms with Gasteiger partial charge < -0.3 is 65.1 Å². The molecular weight excluding hydrogens is 943 g/mol. The first-order chi connectivity index (χ1) is 36.1. The van der Waals surface area contributed by atoms with Gasteiger partial charge in [0.15, 0.2) is 12.6 Å². The average molecular weight is 1050 g/mol. The zero-order valence-electron chi connectivity index (χ0n) is 46.3. The van der Waals surface area contributed by atoms with Crippen molar-refractivity contribution in [3.8, 4) is 0 Å². The molecular formula is C60H109NO13. The van der Waals surface area contributed by atoms with Crippen LogP contribution in [0.2, 0.25) is 0 Å². The van der Waals surface area contributed by atoms with E-state index >= 15 is 0 Å². The molecule has 0 aliphatic carbocycles. The van der Waals surface area contributed by atoms with Gasteiger partial charge in [-0.3, -0.25) is 4.79 Å². The Balaban J connectivity index is 1.62. The highest BCUT2D eigenvalue weighted by molar-refractivity contribution is 5.76. The lowest BCUT2D eigenvalue weighted by Crippen LogP contribution is -2.65. The predicted molar refractivity (Wildman–Crippen MR) is 295 cm³/mol. The fourth-order valence-electron chi connectivity index (χ4n) is 9.65. The van der Waals surface area contributed by atoms with E-state index in [1.165, 1.54) is 154 Å². The van der Waals surface area contributed by atoms with Crippen molar-refractivity contribution in [1.82, 2.24) is 5.32 Å². The maximum Gasteiger partial charge on any atom is 0.220 e. The largest absolute Gasteiger partial charge is 0.394 e.